The maximum atomic E-state index is 13.4. The molecular weight excluding hydrogens is 277 g/mol. The van der Waals surface area contributed by atoms with E-state index in [1.54, 1.807) is 11.3 Å². The smallest absolute Gasteiger partial charge is 0.335 e. The van der Waals surface area contributed by atoms with E-state index in [0.29, 0.717) is 12.1 Å². The van der Waals surface area contributed by atoms with Gasteiger partial charge in [-0.15, -0.1) is 11.3 Å². The Hall–Kier alpha value is -1.72. The highest BCUT2D eigenvalue weighted by Gasteiger charge is 2.09. The van der Waals surface area contributed by atoms with Crippen molar-refractivity contribution in [3.63, 3.8) is 0 Å². The first-order valence-electron chi connectivity index (χ1n) is 6.28. The normalized spacial score (nSPS) is 10.9. The SMILES string of the molecule is CN(CCc1cccs1)Cc1cc(F)cc(C(=O)O)c1. The number of hydrogen-bond donors (Lipinski definition) is 1. The van der Waals surface area contributed by atoms with E-state index in [1.165, 1.54) is 17.0 Å². The summed E-state index contributed by atoms with van der Waals surface area (Å²) in [5, 5.41) is 11.0. The fourth-order valence-corrected chi connectivity index (χ4v) is 2.71. The first kappa shape index (κ1) is 14.7. The molecule has 0 aliphatic rings. The first-order valence-corrected chi connectivity index (χ1v) is 7.16. The molecule has 0 aliphatic heterocycles. The third-order valence-electron chi connectivity index (χ3n) is 2.98. The summed E-state index contributed by atoms with van der Waals surface area (Å²) in [6.07, 6.45) is 0.940. The number of carboxylic acids is 1. The van der Waals surface area contributed by atoms with Crippen molar-refractivity contribution in [3.05, 3.63) is 57.5 Å². The van der Waals surface area contributed by atoms with Crippen molar-refractivity contribution in [2.75, 3.05) is 13.6 Å². The highest BCUT2D eigenvalue weighted by Crippen LogP contribution is 2.13. The van der Waals surface area contributed by atoms with Crippen LogP contribution < -0.4 is 0 Å². The molecule has 0 atom stereocenters. The molecule has 0 amide bonds. The first-order chi connectivity index (χ1) is 9.54. The van der Waals surface area contributed by atoms with E-state index in [0.717, 1.165) is 19.0 Å². The third kappa shape index (κ3) is 4.15. The van der Waals surface area contributed by atoms with Gasteiger partial charge in [-0.1, -0.05) is 6.07 Å². The zero-order chi connectivity index (χ0) is 14.5. The monoisotopic (exact) mass is 293 g/mol. The zero-order valence-corrected chi connectivity index (χ0v) is 12.0. The molecule has 1 heterocycles. The Morgan fingerprint density at radius 3 is 2.85 bits per heavy atom. The van der Waals surface area contributed by atoms with Crippen LogP contribution in [0.15, 0.2) is 35.7 Å². The van der Waals surface area contributed by atoms with Crippen LogP contribution in [0.1, 0.15) is 20.8 Å². The number of thiophene rings is 1. The van der Waals surface area contributed by atoms with E-state index >= 15 is 0 Å². The number of carbonyl (C=O) groups is 1. The van der Waals surface area contributed by atoms with Gasteiger partial charge in [-0.2, -0.15) is 0 Å². The summed E-state index contributed by atoms with van der Waals surface area (Å²) in [6.45, 7) is 1.38. The van der Waals surface area contributed by atoms with Crippen molar-refractivity contribution >= 4 is 17.3 Å². The number of carboxylic acid groups (broad SMARTS) is 1. The van der Waals surface area contributed by atoms with E-state index in [9.17, 15) is 9.18 Å². The van der Waals surface area contributed by atoms with Crippen LogP contribution in [-0.4, -0.2) is 29.6 Å². The number of aromatic carboxylic acids is 1. The molecule has 5 heteroatoms. The lowest BCUT2D eigenvalue weighted by molar-refractivity contribution is 0.0696. The van der Waals surface area contributed by atoms with E-state index < -0.39 is 11.8 Å². The molecule has 0 saturated heterocycles. The summed E-state index contributed by atoms with van der Waals surface area (Å²) in [7, 11) is 1.94. The van der Waals surface area contributed by atoms with Gasteiger partial charge in [0.2, 0.25) is 0 Å². The van der Waals surface area contributed by atoms with E-state index in [1.807, 2.05) is 18.5 Å². The number of benzene rings is 1. The van der Waals surface area contributed by atoms with Gasteiger partial charge in [0.25, 0.3) is 0 Å². The molecule has 0 radical (unpaired) electrons. The Balaban J connectivity index is 1.96. The third-order valence-corrected chi connectivity index (χ3v) is 3.91. The van der Waals surface area contributed by atoms with Crippen molar-refractivity contribution in [1.29, 1.82) is 0 Å². The summed E-state index contributed by atoms with van der Waals surface area (Å²) < 4.78 is 13.4. The van der Waals surface area contributed by atoms with Crippen LogP contribution in [0.25, 0.3) is 0 Å². The molecule has 2 aromatic rings. The maximum Gasteiger partial charge on any atom is 0.335 e. The van der Waals surface area contributed by atoms with Crippen LogP contribution in [0.5, 0.6) is 0 Å². The number of nitrogens with zero attached hydrogens (tertiary/aromatic N) is 1. The lowest BCUT2D eigenvalue weighted by Crippen LogP contribution is -2.20. The van der Waals surface area contributed by atoms with Gasteiger partial charge in [-0.05, 0) is 48.7 Å². The summed E-state index contributed by atoms with van der Waals surface area (Å²) in [6, 6.07) is 8.05. The minimum Gasteiger partial charge on any atom is -0.478 e. The second-order valence-corrected chi connectivity index (χ2v) is 5.75. The molecule has 3 nitrogen and oxygen atoms in total. The lowest BCUT2D eigenvalue weighted by atomic mass is 10.1. The molecular formula is C15H16FNO2S. The second kappa shape index (κ2) is 6.63. The van der Waals surface area contributed by atoms with Crippen molar-refractivity contribution < 1.29 is 14.3 Å². The van der Waals surface area contributed by atoms with Gasteiger partial charge in [0.05, 0.1) is 5.56 Å². The van der Waals surface area contributed by atoms with Crippen LogP contribution in [0, 0.1) is 5.82 Å². The molecule has 1 aromatic heterocycles. The van der Waals surface area contributed by atoms with E-state index in [4.69, 9.17) is 5.11 Å². The van der Waals surface area contributed by atoms with Crippen LogP contribution in [-0.2, 0) is 13.0 Å². The van der Waals surface area contributed by atoms with E-state index in [2.05, 4.69) is 11.0 Å². The standard InChI is InChI=1S/C15H16FNO2S/c1-17(5-4-14-3-2-6-20-14)10-11-7-12(15(18)19)9-13(16)8-11/h2-3,6-9H,4-5,10H2,1H3,(H,18,19). The van der Waals surface area contributed by atoms with Crippen LogP contribution in [0.3, 0.4) is 0 Å². The van der Waals surface area contributed by atoms with Gasteiger partial charge in [-0.3, -0.25) is 0 Å². The molecule has 0 unspecified atom stereocenters. The van der Waals surface area contributed by atoms with Crippen molar-refractivity contribution in [1.82, 2.24) is 4.90 Å². The number of hydrogen-bond acceptors (Lipinski definition) is 3. The number of likely N-dealkylation sites (N-methyl/N-ethyl adjacent to an activating group) is 1. The molecule has 20 heavy (non-hydrogen) atoms. The van der Waals surface area contributed by atoms with Crippen LogP contribution in [0.2, 0.25) is 0 Å². The zero-order valence-electron chi connectivity index (χ0n) is 11.2. The fraction of sp³-hybridized carbons (Fsp3) is 0.267. The van der Waals surface area contributed by atoms with Gasteiger partial charge in [0.1, 0.15) is 5.82 Å². The highest BCUT2D eigenvalue weighted by molar-refractivity contribution is 7.09. The predicted octanol–water partition coefficient (Wildman–Crippen LogP) is 3.26. The van der Waals surface area contributed by atoms with Gasteiger partial charge >= 0.3 is 5.97 Å². The quantitative estimate of drug-likeness (QED) is 0.888. The van der Waals surface area contributed by atoms with Gasteiger partial charge in [0, 0.05) is 18.0 Å². The summed E-state index contributed by atoms with van der Waals surface area (Å²) in [5.74, 6) is -1.61. The maximum absolute atomic E-state index is 13.4. The van der Waals surface area contributed by atoms with Crippen LogP contribution >= 0.6 is 11.3 Å². The molecule has 2 rings (SSSR count). The van der Waals surface area contributed by atoms with E-state index in [-0.39, 0.29) is 5.56 Å². The van der Waals surface area contributed by atoms with Gasteiger partial charge < -0.3 is 10.0 Å². The molecule has 0 aliphatic carbocycles. The Kier molecular flexibility index (Phi) is 4.87. The minimum atomic E-state index is -1.10. The molecule has 1 N–H and O–H groups in total. The Morgan fingerprint density at radius 2 is 2.20 bits per heavy atom. The second-order valence-electron chi connectivity index (χ2n) is 4.72. The highest BCUT2D eigenvalue weighted by atomic mass is 32.1. The molecule has 0 fully saturated rings. The lowest BCUT2D eigenvalue weighted by Gasteiger charge is -2.16. The Labute approximate surface area is 121 Å². The Bertz CT molecular complexity index is 584. The van der Waals surface area contributed by atoms with Gasteiger partial charge in [0.15, 0.2) is 0 Å². The predicted molar refractivity (Wildman–Crippen MR) is 77.7 cm³/mol. The average molecular weight is 293 g/mol. The van der Waals surface area contributed by atoms with Crippen molar-refractivity contribution in [3.8, 4) is 0 Å². The largest absolute Gasteiger partial charge is 0.478 e. The minimum absolute atomic E-state index is 0.00773. The molecule has 0 spiro atoms. The summed E-state index contributed by atoms with van der Waals surface area (Å²) >= 11 is 1.72. The average Bonchev–Trinajstić information content (AvgIpc) is 2.88. The number of halogens is 1. The summed E-state index contributed by atoms with van der Waals surface area (Å²) in [4.78, 5) is 14.3. The van der Waals surface area contributed by atoms with Crippen molar-refractivity contribution in [2.45, 2.75) is 13.0 Å². The van der Waals surface area contributed by atoms with Crippen molar-refractivity contribution in [2.24, 2.45) is 0 Å². The molecule has 0 bridgehead atoms. The van der Waals surface area contributed by atoms with Crippen LogP contribution in [0.4, 0.5) is 4.39 Å². The molecule has 0 saturated carbocycles. The summed E-state index contributed by atoms with van der Waals surface area (Å²) in [5.41, 5.74) is 0.669. The fourth-order valence-electron chi connectivity index (χ4n) is 2.01. The topological polar surface area (TPSA) is 40.5 Å². The molecule has 1 aromatic carbocycles. The number of rotatable bonds is 6. The Morgan fingerprint density at radius 1 is 1.40 bits per heavy atom. The van der Waals surface area contributed by atoms with Gasteiger partial charge in [-0.25, -0.2) is 9.18 Å². The molecule has 106 valence electrons.